The van der Waals surface area contributed by atoms with E-state index in [-0.39, 0.29) is 18.4 Å². The molecule has 118 valence electrons. The van der Waals surface area contributed by atoms with Crippen LogP contribution < -0.4 is 9.47 Å². The Labute approximate surface area is 132 Å². The second kappa shape index (κ2) is 7.85. The fourth-order valence-corrected chi connectivity index (χ4v) is 2.92. The van der Waals surface area contributed by atoms with Crippen molar-refractivity contribution in [1.82, 2.24) is 0 Å². The fraction of sp³-hybridized carbons (Fsp3) is 0.368. The molecule has 2 aromatic carbocycles. The van der Waals surface area contributed by atoms with E-state index in [4.69, 9.17) is 9.47 Å². The minimum atomic E-state index is 0.0734. The molecule has 0 saturated carbocycles. The van der Waals surface area contributed by atoms with Gasteiger partial charge in [0.05, 0.1) is 20.8 Å². The lowest BCUT2D eigenvalue weighted by atomic mass is 9.80. The number of ether oxygens (including phenoxy) is 2. The van der Waals surface area contributed by atoms with Crippen LogP contribution in [0.1, 0.15) is 36.3 Å². The van der Waals surface area contributed by atoms with E-state index in [9.17, 15) is 5.11 Å². The summed E-state index contributed by atoms with van der Waals surface area (Å²) in [5.74, 6) is 2.02. The average Bonchev–Trinajstić information content (AvgIpc) is 2.60. The standard InChI is InChI=1S/C19H24O3/c1-4-18(14-5-9-16(21-2)10-6-14)19(13-20)15-7-11-17(22-3)12-8-15/h5-12,18-20H,4,13H2,1-3H3/t18-,19+/m1/s1. The third kappa shape index (κ3) is 3.60. The lowest BCUT2D eigenvalue weighted by molar-refractivity contribution is 0.245. The van der Waals surface area contributed by atoms with Crippen molar-refractivity contribution in [1.29, 1.82) is 0 Å². The van der Waals surface area contributed by atoms with Crippen LogP contribution in [-0.4, -0.2) is 25.9 Å². The van der Waals surface area contributed by atoms with Gasteiger partial charge in [0.15, 0.2) is 0 Å². The van der Waals surface area contributed by atoms with Crippen LogP contribution >= 0.6 is 0 Å². The summed E-state index contributed by atoms with van der Waals surface area (Å²) in [5.41, 5.74) is 2.35. The van der Waals surface area contributed by atoms with Crippen LogP contribution in [0.5, 0.6) is 11.5 Å². The number of aliphatic hydroxyl groups excluding tert-OH is 1. The van der Waals surface area contributed by atoms with Gasteiger partial charge < -0.3 is 14.6 Å². The summed E-state index contributed by atoms with van der Waals surface area (Å²) in [6.07, 6.45) is 0.962. The van der Waals surface area contributed by atoms with Crippen LogP contribution in [0.25, 0.3) is 0 Å². The summed E-state index contributed by atoms with van der Waals surface area (Å²) in [6, 6.07) is 16.1. The molecule has 2 rings (SSSR count). The van der Waals surface area contributed by atoms with E-state index in [0.717, 1.165) is 23.5 Å². The normalized spacial score (nSPS) is 13.5. The summed E-state index contributed by atoms with van der Waals surface area (Å²) >= 11 is 0. The monoisotopic (exact) mass is 300 g/mol. The van der Waals surface area contributed by atoms with Gasteiger partial charge in [0.1, 0.15) is 11.5 Å². The topological polar surface area (TPSA) is 38.7 Å². The Morgan fingerprint density at radius 3 is 1.50 bits per heavy atom. The zero-order chi connectivity index (χ0) is 15.9. The largest absolute Gasteiger partial charge is 0.497 e. The number of benzene rings is 2. The molecule has 2 aromatic rings. The Morgan fingerprint density at radius 2 is 1.18 bits per heavy atom. The van der Waals surface area contributed by atoms with E-state index in [2.05, 4.69) is 19.1 Å². The molecule has 0 aliphatic rings. The maximum absolute atomic E-state index is 9.91. The second-order valence-electron chi connectivity index (χ2n) is 5.35. The van der Waals surface area contributed by atoms with Crippen LogP contribution in [0.3, 0.4) is 0 Å². The highest BCUT2D eigenvalue weighted by atomic mass is 16.5. The molecule has 0 amide bonds. The first-order chi connectivity index (χ1) is 10.7. The van der Waals surface area contributed by atoms with Gasteiger partial charge in [-0.05, 0) is 47.7 Å². The predicted molar refractivity (Wildman–Crippen MR) is 88.8 cm³/mol. The third-order valence-corrected chi connectivity index (χ3v) is 4.21. The zero-order valence-electron chi connectivity index (χ0n) is 13.5. The van der Waals surface area contributed by atoms with Crippen molar-refractivity contribution < 1.29 is 14.6 Å². The average molecular weight is 300 g/mol. The van der Waals surface area contributed by atoms with Crippen LogP contribution in [0.2, 0.25) is 0 Å². The molecule has 3 nitrogen and oxygen atoms in total. The molecule has 0 spiro atoms. The van der Waals surface area contributed by atoms with Crippen LogP contribution in [0.15, 0.2) is 48.5 Å². The van der Waals surface area contributed by atoms with Gasteiger partial charge in [-0.1, -0.05) is 31.2 Å². The quantitative estimate of drug-likeness (QED) is 0.841. The number of rotatable bonds is 7. The number of hydrogen-bond acceptors (Lipinski definition) is 3. The number of hydrogen-bond donors (Lipinski definition) is 1. The highest BCUT2D eigenvalue weighted by Gasteiger charge is 2.23. The van der Waals surface area contributed by atoms with Crippen LogP contribution in [0, 0.1) is 0 Å². The van der Waals surface area contributed by atoms with Crippen LogP contribution in [-0.2, 0) is 0 Å². The summed E-state index contributed by atoms with van der Waals surface area (Å²) in [5, 5.41) is 9.91. The van der Waals surface area contributed by atoms with Crippen molar-refractivity contribution in [3.63, 3.8) is 0 Å². The predicted octanol–water partition coefficient (Wildman–Crippen LogP) is 3.97. The molecular weight excluding hydrogens is 276 g/mol. The van der Waals surface area contributed by atoms with Gasteiger partial charge in [0.2, 0.25) is 0 Å². The molecule has 2 atom stereocenters. The Morgan fingerprint density at radius 1 is 0.773 bits per heavy atom. The molecule has 22 heavy (non-hydrogen) atoms. The van der Waals surface area contributed by atoms with E-state index in [1.807, 2.05) is 36.4 Å². The van der Waals surface area contributed by atoms with E-state index < -0.39 is 0 Å². The van der Waals surface area contributed by atoms with Gasteiger partial charge in [0, 0.05) is 5.92 Å². The molecule has 0 fully saturated rings. The molecule has 0 unspecified atom stereocenters. The molecule has 3 heteroatoms. The van der Waals surface area contributed by atoms with Crippen molar-refractivity contribution in [2.75, 3.05) is 20.8 Å². The third-order valence-electron chi connectivity index (χ3n) is 4.21. The zero-order valence-corrected chi connectivity index (χ0v) is 13.5. The minimum absolute atomic E-state index is 0.0734. The Bertz CT molecular complexity index is 507. The molecule has 0 bridgehead atoms. The van der Waals surface area contributed by atoms with E-state index >= 15 is 0 Å². The van der Waals surface area contributed by atoms with Gasteiger partial charge in [0.25, 0.3) is 0 Å². The summed E-state index contributed by atoms with van der Waals surface area (Å²) < 4.78 is 10.4. The minimum Gasteiger partial charge on any atom is -0.497 e. The Balaban J connectivity index is 2.28. The smallest absolute Gasteiger partial charge is 0.118 e. The van der Waals surface area contributed by atoms with Gasteiger partial charge in [-0.3, -0.25) is 0 Å². The highest BCUT2D eigenvalue weighted by molar-refractivity contribution is 5.35. The summed E-state index contributed by atoms with van der Waals surface area (Å²) in [7, 11) is 3.32. The highest BCUT2D eigenvalue weighted by Crippen LogP contribution is 2.36. The molecular formula is C19H24O3. The van der Waals surface area contributed by atoms with Crippen molar-refractivity contribution in [3.05, 3.63) is 59.7 Å². The molecule has 0 heterocycles. The first-order valence-electron chi connectivity index (χ1n) is 7.62. The second-order valence-corrected chi connectivity index (χ2v) is 5.35. The van der Waals surface area contributed by atoms with Gasteiger partial charge in [-0.25, -0.2) is 0 Å². The van der Waals surface area contributed by atoms with Crippen LogP contribution in [0.4, 0.5) is 0 Å². The summed E-state index contributed by atoms with van der Waals surface area (Å²) in [4.78, 5) is 0. The Kier molecular flexibility index (Phi) is 5.84. The van der Waals surface area contributed by atoms with Crippen molar-refractivity contribution >= 4 is 0 Å². The van der Waals surface area contributed by atoms with Gasteiger partial charge >= 0.3 is 0 Å². The summed E-state index contributed by atoms with van der Waals surface area (Å²) in [6.45, 7) is 2.28. The first-order valence-corrected chi connectivity index (χ1v) is 7.62. The molecule has 1 N–H and O–H groups in total. The SMILES string of the molecule is CC[C@H](c1ccc(OC)cc1)[C@@H](CO)c1ccc(OC)cc1. The van der Waals surface area contributed by atoms with Gasteiger partial charge in [-0.2, -0.15) is 0 Å². The molecule has 0 radical (unpaired) electrons. The van der Waals surface area contributed by atoms with E-state index in [1.54, 1.807) is 14.2 Å². The fourth-order valence-electron chi connectivity index (χ4n) is 2.92. The Hall–Kier alpha value is -2.00. The van der Waals surface area contributed by atoms with Crippen molar-refractivity contribution in [2.24, 2.45) is 0 Å². The molecule has 0 saturated heterocycles. The maximum atomic E-state index is 9.91. The van der Waals surface area contributed by atoms with Gasteiger partial charge in [-0.15, -0.1) is 0 Å². The molecule has 0 aliphatic heterocycles. The van der Waals surface area contributed by atoms with Crippen molar-refractivity contribution in [2.45, 2.75) is 25.2 Å². The first kappa shape index (κ1) is 16.4. The lowest BCUT2D eigenvalue weighted by Crippen LogP contribution is -2.14. The molecule has 0 aliphatic carbocycles. The molecule has 0 aromatic heterocycles. The maximum Gasteiger partial charge on any atom is 0.118 e. The number of aliphatic hydroxyl groups is 1. The van der Waals surface area contributed by atoms with E-state index in [0.29, 0.717) is 0 Å². The van der Waals surface area contributed by atoms with E-state index in [1.165, 1.54) is 5.56 Å². The van der Waals surface area contributed by atoms with Crippen molar-refractivity contribution in [3.8, 4) is 11.5 Å². The number of methoxy groups -OCH3 is 2. The lowest BCUT2D eigenvalue weighted by Gasteiger charge is -2.26.